The summed E-state index contributed by atoms with van der Waals surface area (Å²) >= 11 is 0. The van der Waals surface area contributed by atoms with Crippen molar-refractivity contribution < 1.29 is 9.59 Å². The van der Waals surface area contributed by atoms with Crippen molar-refractivity contribution in [3.63, 3.8) is 0 Å². The molecule has 13 rings (SSSR count). The molecule has 6 aromatic carbocycles. The van der Waals surface area contributed by atoms with Crippen LogP contribution in [-0.2, 0) is 10.8 Å². The van der Waals surface area contributed by atoms with Crippen molar-refractivity contribution in [3.8, 4) is 0 Å². The second-order valence-electron chi connectivity index (χ2n) is 17.1. The second kappa shape index (κ2) is 12.3. The normalized spacial score (nSPS) is 22.9. The van der Waals surface area contributed by atoms with Crippen molar-refractivity contribution in [3.05, 3.63) is 249 Å². The maximum Gasteiger partial charge on any atom is 0.186 e. The van der Waals surface area contributed by atoms with Gasteiger partial charge in [0, 0.05) is 45.0 Å². The highest BCUT2D eigenvalue weighted by Gasteiger charge is 2.56. The first-order valence-corrected chi connectivity index (χ1v) is 21.1. The van der Waals surface area contributed by atoms with Crippen molar-refractivity contribution >= 4 is 55.7 Å². The molecular weight excluding hydrogens is 761 g/mol. The summed E-state index contributed by atoms with van der Waals surface area (Å²) in [6.45, 7) is 4.15. The lowest BCUT2D eigenvalue weighted by atomic mass is 9.71. The fourth-order valence-electron chi connectivity index (χ4n) is 10.9. The van der Waals surface area contributed by atoms with Crippen molar-refractivity contribution in [1.82, 2.24) is 9.97 Å². The van der Waals surface area contributed by atoms with E-state index in [4.69, 9.17) is 9.98 Å². The van der Waals surface area contributed by atoms with Crippen molar-refractivity contribution in [2.24, 2.45) is 9.98 Å². The quantitative estimate of drug-likeness (QED) is 0.182. The summed E-state index contributed by atoms with van der Waals surface area (Å²) in [6.07, 6.45) is 8.06. The van der Waals surface area contributed by atoms with E-state index in [-0.39, 0.29) is 11.6 Å². The summed E-state index contributed by atoms with van der Waals surface area (Å²) in [5.41, 5.74) is 12.2. The number of Topliss-reactive ketones (excluding diaryl/α,β-unsaturated/α-hetero) is 2. The molecule has 5 aliphatic rings. The van der Waals surface area contributed by atoms with Crippen LogP contribution in [0.25, 0.3) is 32.7 Å². The first-order chi connectivity index (χ1) is 30.3. The Bertz CT molecular complexity index is 3420. The number of hydrogen-bond acceptors (Lipinski definition) is 4. The Balaban J connectivity index is 1.17. The molecule has 0 saturated heterocycles. The molecule has 0 atom stereocenters. The van der Waals surface area contributed by atoms with E-state index in [0.29, 0.717) is 33.9 Å². The van der Waals surface area contributed by atoms with E-state index in [1.165, 1.54) is 0 Å². The van der Waals surface area contributed by atoms with Gasteiger partial charge in [-0.15, -0.1) is 0 Å². The minimum absolute atomic E-state index is 0.00105. The summed E-state index contributed by atoms with van der Waals surface area (Å²) in [5.74, 6) is -0.0490. The molecule has 8 bridgehead atoms. The van der Waals surface area contributed by atoms with Gasteiger partial charge in [0.05, 0.1) is 22.8 Å². The first kappa shape index (κ1) is 34.9. The zero-order chi connectivity index (χ0) is 41.5. The molecule has 8 aromatic rings. The predicted octanol–water partition coefficient (Wildman–Crippen LogP) is 11.5. The number of ketones is 2. The Labute approximate surface area is 357 Å². The van der Waals surface area contributed by atoms with Crippen LogP contribution in [0.3, 0.4) is 0 Å². The van der Waals surface area contributed by atoms with Crippen molar-refractivity contribution in [2.45, 2.75) is 24.7 Å². The Morgan fingerprint density at radius 1 is 0.435 bits per heavy atom. The molecule has 2 spiro atoms. The zero-order valence-electron chi connectivity index (χ0n) is 33.9. The number of aromatic nitrogens is 2. The number of nitrogens with zero attached hydrogens (tertiary/aromatic N) is 2. The third kappa shape index (κ3) is 4.37. The number of carbonyl (C=O) groups is 2. The highest BCUT2D eigenvalue weighted by molar-refractivity contribution is 6.46. The summed E-state index contributed by atoms with van der Waals surface area (Å²) < 4.78 is 0. The second-order valence-corrected chi connectivity index (χ2v) is 17.1. The lowest BCUT2D eigenvalue weighted by Crippen LogP contribution is -2.46. The van der Waals surface area contributed by atoms with E-state index >= 15 is 9.59 Å². The number of benzene rings is 6. The van der Waals surface area contributed by atoms with Crippen LogP contribution in [0.4, 0.5) is 0 Å². The minimum atomic E-state index is -1.32. The molecule has 0 radical (unpaired) electrons. The molecule has 0 amide bonds. The van der Waals surface area contributed by atoms with Crippen LogP contribution in [-0.4, -0.2) is 33.0 Å². The molecule has 5 heterocycles. The van der Waals surface area contributed by atoms with Crippen LogP contribution in [0.5, 0.6) is 0 Å². The van der Waals surface area contributed by atoms with Gasteiger partial charge in [-0.3, -0.25) is 19.6 Å². The standard InChI is InChI=1S/C56H36N4O2/c1-31-15-19-35(20-16-31)51-41-23-27-45(57-41)55(39-13-5-9-33-7-3-11-37(49(33)39)53(55)61)47-29-25-43(59-47)52(36-21-17-32(2)18-22-36)44-26-30-48(60-44)56(46-28-24-42(51)58-46)40-14-6-10-34-8-4-12-38(50(34)40)54(56)62/h3-30,57,59H,1-2H3/b51-42-,52-44-. The van der Waals surface area contributed by atoms with Gasteiger partial charge in [0.2, 0.25) is 0 Å². The number of allylic oxidation sites excluding steroid dienone is 4. The van der Waals surface area contributed by atoms with Gasteiger partial charge in [0.1, 0.15) is 10.8 Å². The van der Waals surface area contributed by atoms with Crippen LogP contribution in [0.2, 0.25) is 0 Å². The van der Waals surface area contributed by atoms with Gasteiger partial charge >= 0.3 is 0 Å². The van der Waals surface area contributed by atoms with Crippen LogP contribution in [0, 0.1) is 13.8 Å². The van der Waals surface area contributed by atoms with E-state index in [2.05, 4.69) is 133 Å². The average molecular weight is 797 g/mol. The fraction of sp³-hybridized carbons (Fsp3) is 0.0714. The maximum absolute atomic E-state index is 15.5. The molecule has 0 unspecified atom stereocenters. The highest BCUT2D eigenvalue weighted by Crippen LogP contribution is 2.52. The number of carbonyl (C=O) groups excluding carboxylic acids is 2. The third-order valence-corrected chi connectivity index (χ3v) is 13.7. The molecular formula is C56H36N4O2. The lowest BCUT2D eigenvalue weighted by Gasteiger charge is -2.28. The molecule has 62 heavy (non-hydrogen) atoms. The van der Waals surface area contributed by atoms with Gasteiger partial charge in [-0.1, -0.05) is 132 Å². The number of aromatic amines is 2. The van der Waals surface area contributed by atoms with E-state index in [1.54, 1.807) is 0 Å². The molecule has 2 N–H and O–H groups in total. The molecule has 0 fully saturated rings. The van der Waals surface area contributed by atoms with E-state index < -0.39 is 10.8 Å². The van der Waals surface area contributed by atoms with Crippen molar-refractivity contribution in [2.75, 3.05) is 0 Å². The summed E-state index contributed by atoms with van der Waals surface area (Å²) in [6, 6.07) is 49.5. The van der Waals surface area contributed by atoms with E-state index in [1.807, 2.05) is 60.7 Å². The number of H-pyrrole nitrogens is 2. The van der Waals surface area contributed by atoms with E-state index in [0.717, 1.165) is 88.8 Å². The number of hydrogen-bond donors (Lipinski definition) is 2. The Morgan fingerprint density at radius 2 is 0.855 bits per heavy atom. The third-order valence-electron chi connectivity index (χ3n) is 13.7. The number of rotatable bonds is 2. The van der Waals surface area contributed by atoms with Gasteiger partial charge in [-0.05, 0) is 106 Å². The summed E-state index contributed by atoms with van der Waals surface area (Å²) in [5, 5.41) is 3.91. The average Bonchev–Trinajstić information content (AvgIpc) is 4.17. The summed E-state index contributed by atoms with van der Waals surface area (Å²) in [4.78, 5) is 49.7. The number of aliphatic imine (C=N–C) groups is 2. The van der Waals surface area contributed by atoms with Gasteiger partial charge in [-0.2, -0.15) is 0 Å². The summed E-state index contributed by atoms with van der Waals surface area (Å²) in [7, 11) is 0. The van der Waals surface area contributed by atoms with Crippen LogP contribution in [0.1, 0.15) is 76.9 Å². The molecule has 6 heteroatoms. The molecule has 2 aromatic heterocycles. The first-order valence-electron chi connectivity index (χ1n) is 21.1. The molecule has 2 aliphatic carbocycles. The molecule has 6 nitrogen and oxygen atoms in total. The van der Waals surface area contributed by atoms with Gasteiger partial charge in [0.25, 0.3) is 0 Å². The maximum atomic E-state index is 15.5. The zero-order valence-corrected chi connectivity index (χ0v) is 33.9. The largest absolute Gasteiger partial charge is 0.357 e. The highest BCUT2D eigenvalue weighted by atomic mass is 16.1. The molecule has 3 aliphatic heterocycles. The van der Waals surface area contributed by atoms with Gasteiger partial charge < -0.3 is 9.97 Å². The van der Waals surface area contributed by atoms with Crippen LogP contribution < -0.4 is 0 Å². The fourth-order valence-corrected chi connectivity index (χ4v) is 10.9. The minimum Gasteiger partial charge on any atom is -0.357 e. The predicted molar refractivity (Wildman–Crippen MR) is 247 cm³/mol. The Morgan fingerprint density at radius 3 is 1.32 bits per heavy atom. The smallest absolute Gasteiger partial charge is 0.186 e. The van der Waals surface area contributed by atoms with Crippen molar-refractivity contribution in [1.29, 1.82) is 0 Å². The number of fused-ring (bicyclic) bond motifs is 12. The molecule has 292 valence electrons. The van der Waals surface area contributed by atoms with E-state index in [9.17, 15) is 0 Å². The lowest BCUT2D eigenvalue weighted by molar-refractivity contribution is 0.0939. The number of nitrogens with one attached hydrogen (secondary N) is 2. The topological polar surface area (TPSA) is 90.4 Å². The van der Waals surface area contributed by atoms with Gasteiger partial charge in [-0.25, -0.2) is 0 Å². The molecule has 0 saturated carbocycles. The SMILES string of the molecule is Cc1ccc(/C2=C3\C=CC(=N3)C3(C(=O)c4cccc5cccc3c45)C3=N/C(=C(/c4ccc(C)cc4)c4ccc([nH]4)C4(C(=O)c5cccc6cccc4c56)c4ccc2[nH]4)C=C3)cc1. The van der Waals surface area contributed by atoms with Gasteiger partial charge in [0.15, 0.2) is 11.6 Å². The van der Waals surface area contributed by atoms with Crippen LogP contribution >= 0.6 is 0 Å². The number of aryl methyl sites for hydroxylation is 2. The Hall–Kier alpha value is -7.96. The Kier molecular flexibility index (Phi) is 6.92. The van der Waals surface area contributed by atoms with Crippen LogP contribution in [0.15, 0.2) is 191 Å². The monoisotopic (exact) mass is 796 g/mol.